The smallest absolute Gasteiger partial charge is 0.309 e. The van der Waals surface area contributed by atoms with Crippen molar-refractivity contribution in [2.24, 2.45) is 11.7 Å². The normalized spacial score (nSPS) is 44.3. The number of carboxylic acids is 1. The van der Waals surface area contributed by atoms with E-state index in [1.807, 2.05) is 0 Å². The van der Waals surface area contributed by atoms with E-state index in [4.69, 9.17) is 10.8 Å². The number of halogens is 1. The highest BCUT2D eigenvalue weighted by molar-refractivity contribution is 9.09. The highest BCUT2D eigenvalue weighted by atomic mass is 79.9. The summed E-state index contributed by atoms with van der Waals surface area (Å²) in [7, 11) is 0. The van der Waals surface area contributed by atoms with Gasteiger partial charge in [-0.25, -0.2) is 0 Å². The highest BCUT2D eigenvalue weighted by Crippen LogP contribution is 2.30. The molecule has 0 saturated heterocycles. The third-order valence-corrected chi connectivity index (χ3v) is 3.00. The number of rotatable bonds is 1. The van der Waals surface area contributed by atoms with E-state index in [0.717, 1.165) is 0 Å². The maximum Gasteiger partial charge on any atom is 0.309 e. The Morgan fingerprint density at radius 1 is 1.64 bits per heavy atom. The van der Waals surface area contributed by atoms with Crippen molar-refractivity contribution >= 4 is 21.9 Å². The van der Waals surface area contributed by atoms with Crippen molar-refractivity contribution in [3.05, 3.63) is 0 Å². The molecule has 11 heavy (non-hydrogen) atoms. The molecule has 4 nitrogen and oxygen atoms in total. The molecule has 1 saturated carbocycles. The average Bonchev–Trinajstić information content (AvgIpc) is 2.17. The number of nitrogens with two attached hydrogens (primary N) is 1. The van der Waals surface area contributed by atoms with Gasteiger partial charge in [-0.1, -0.05) is 15.9 Å². The van der Waals surface area contributed by atoms with Gasteiger partial charge in [-0.05, 0) is 6.42 Å². The van der Waals surface area contributed by atoms with Crippen LogP contribution in [-0.2, 0) is 4.79 Å². The maximum absolute atomic E-state index is 10.5. The van der Waals surface area contributed by atoms with E-state index in [-0.39, 0.29) is 4.83 Å². The van der Waals surface area contributed by atoms with Gasteiger partial charge in [0.1, 0.15) is 0 Å². The predicted octanol–water partition coefficient (Wildman–Crippen LogP) is -0.457. The Labute approximate surface area is 72.5 Å². The Hall–Kier alpha value is -0.130. The van der Waals surface area contributed by atoms with Gasteiger partial charge in [0.05, 0.1) is 12.0 Å². The van der Waals surface area contributed by atoms with Gasteiger partial charge in [0, 0.05) is 10.9 Å². The van der Waals surface area contributed by atoms with E-state index in [1.54, 1.807) is 0 Å². The van der Waals surface area contributed by atoms with Crippen molar-refractivity contribution < 1.29 is 15.0 Å². The van der Waals surface area contributed by atoms with Gasteiger partial charge in [-0.3, -0.25) is 4.79 Å². The predicted molar refractivity (Wildman–Crippen MR) is 42.4 cm³/mol. The van der Waals surface area contributed by atoms with Gasteiger partial charge < -0.3 is 15.9 Å². The second-order valence-corrected chi connectivity index (χ2v) is 3.94. The van der Waals surface area contributed by atoms with Crippen molar-refractivity contribution in [2.75, 3.05) is 0 Å². The van der Waals surface area contributed by atoms with E-state index in [0.29, 0.717) is 6.42 Å². The van der Waals surface area contributed by atoms with Crippen molar-refractivity contribution in [3.63, 3.8) is 0 Å². The molecule has 0 bridgehead atoms. The number of hydrogen-bond acceptors (Lipinski definition) is 3. The maximum atomic E-state index is 10.5. The second kappa shape index (κ2) is 3.08. The molecule has 0 aliphatic heterocycles. The Kier molecular flexibility index (Phi) is 2.51. The molecule has 0 aromatic heterocycles. The molecule has 1 rings (SSSR count). The first-order valence-corrected chi connectivity index (χ1v) is 4.26. The number of carbonyl (C=O) groups is 1. The lowest BCUT2D eigenvalue weighted by Crippen LogP contribution is -2.38. The third-order valence-electron chi connectivity index (χ3n) is 2.02. The second-order valence-electron chi connectivity index (χ2n) is 2.76. The monoisotopic (exact) mass is 223 g/mol. The van der Waals surface area contributed by atoms with Crippen LogP contribution in [0, 0.1) is 5.92 Å². The number of hydrogen-bond donors (Lipinski definition) is 3. The van der Waals surface area contributed by atoms with Crippen LogP contribution in [0.1, 0.15) is 6.42 Å². The van der Waals surface area contributed by atoms with Gasteiger partial charge in [-0.15, -0.1) is 0 Å². The van der Waals surface area contributed by atoms with Crippen LogP contribution in [0.2, 0.25) is 0 Å². The summed E-state index contributed by atoms with van der Waals surface area (Å²) in [6, 6.07) is -0.462. The first-order valence-electron chi connectivity index (χ1n) is 3.34. The molecular weight excluding hydrogens is 214 g/mol. The zero-order valence-corrected chi connectivity index (χ0v) is 7.36. The van der Waals surface area contributed by atoms with E-state index >= 15 is 0 Å². The first kappa shape index (κ1) is 8.96. The fraction of sp³-hybridized carbons (Fsp3) is 0.833. The summed E-state index contributed by atoms with van der Waals surface area (Å²) in [4.78, 5) is 10.4. The van der Waals surface area contributed by atoms with Crippen molar-refractivity contribution in [2.45, 2.75) is 23.4 Å². The number of aliphatic hydroxyl groups excluding tert-OH is 1. The summed E-state index contributed by atoms with van der Waals surface area (Å²) in [6.07, 6.45) is -0.519. The van der Waals surface area contributed by atoms with Crippen LogP contribution < -0.4 is 5.73 Å². The van der Waals surface area contributed by atoms with Crippen LogP contribution in [0.4, 0.5) is 0 Å². The quantitative estimate of drug-likeness (QED) is 0.526. The molecule has 0 amide bonds. The van der Waals surface area contributed by atoms with E-state index in [9.17, 15) is 9.90 Å². The number of carboxylic acid groups (broad SMARTS) is 1. The topological polar surface area (TPSA) is 83.5 Å². The standard InChI is InChI=1S/C6H10BrNO3/c7-3-1-2(6(10)11)5(9)4(3)8/h2-5,9H,1,8H2,(H,10,11)/t2-,3-,4+,5+/m0/s1. The van der Waals surface area contributed by atoms with Crippen LogP contribution in [0.3, 0.4) is 0 Å². The highest BCUT2D eigenvalue weighted by Gasteiger charge is 2.42. The molecular formula is C6H10BrNO3. The molecule has 4 N–H and O–H groups in total. The van der Waals surface area contributed by atoms with Crippen LogP contribution in [0.5, 0.6) is 0 Å². The SMILES string of the molecule is N[C@H]1[C@H](O)[C@@H](C(=O)O)C[C@@H]1Br. The van der Waals surface area contributed by atoms with Gasteiger partial charge in [0.15, 0.2) is 0 Å². The Balaban J connectivity index is 2.67. The summed E-state index contributed by atoms with van der Waals surface area (Å²) in [5, 5.41) is 17.8. The molecule has 5 heteroatoms. The summed E-state index contributed by atoms with van der Waals surface area (Å²) in [5.74, 6) is -1.69. The van der Waals surface area contributed by atoms with Crippen molar-refractivity contribution in [1.29, 1.82) is 0 Å². The lowest BCUT2D eigenvalue weighted by molar-refractivity contribution is -0.144. The average molecular weight is 224 g/mol. The molecule has 1 fully saturated rings. The van der Waals surface area contributed by atoms with Crippen LogP contribution >= 0.6 is 15.9 Å². The van der Waals surface area contributed by atoms with Crippen LogP contribution in [-0.4, -0.2) is 33.2 Å². The van der Waals surface area contributed by atoms with E-state index < -0.39 is 24.0 Å². The van der Waals surface area contributed by atoms with Gasteiger partial charge in [0.2, 0.25) is 0 Å². The van der Waals surface area contributed by atoms with Gasteiger partial charge in [-0.2, -0.15) is 0 Å². The Morgan fingerprint density at radius 3 is 2.36 bits per heavy atom. The molecule has 0 unspecified atom stereocenters. The minimum absolute atomic E-state index is 0.0846. The fourth-order valence-corrected chi connectivity index (χ4v) is 1.98. The molecule has 0 aromatic carbocycles. The summed E-state index contributed by atoms with van der Waals surface area (Å²) < 4.78 is 0. The summed E-state index contributed by atoms with van der Waals surface area (Å²) in [5.41, 5.74) is 5.49. The van der Waals surface area contributed by atoms with E-state index in [1.165, 1.54) is 0 Å². The number of aliphatic carboxylic acids is 1. The zero-order valence-electron chi connectivity index (χ0n) is 5.77. The van der Waals surface area contributed by atoms with Gasteiger partial charge >= 0.3 is 5.97 Å². The first-order chi connectivity index (χ1) is 5.04. The van der Waals surface area contributed by atoms with Crippen molar-refractivity contribution in [3.8, 4) is 0 Å². The molecule has 0 spiro atoms. The van der Waals surface area contributed by atoms with E-state index in [2.05, 4.69) is 15.9 Å². The summed E-state index contributed by atoms with van der Waals surface area (Å²) in [6.45, 7) is 0. The lowest BCUT2D eigenvalue weighted by atomic mass is 10.1. The lowest BCUT2D eigenvalue weighted by Gasteiger charge is -2.12. The van der Waals surface area contributed by atoms with Crippen LogP contribution in [0.25, 0.3) is 0 Å². The molecule has 4 atom stereocenters. The van der Waals surface area contributed by atoms with Crippen LogP contribution in [0.15, 0.2) is 0 Å². The molecule has 1 aliphatic rings. The Morgan fingerprint density at radius 2 is 2.18 bits per heavy atom. The Bertz CT molecular complexity index is 175. The molecule has 0 aromatic rings. The molecule has 0 radical (unpaired) electrons. The third kappa shape index (κ3) is 1.55. The largest absolute Gasteiger partial charge is 0.481 e. The summed E-state index contributed by atoms with van der Waals surface area (Å²) >= 11 is 3.20. The molecule has 1 aliphatic carbocycles. The number of alkyl halides is 1. The zero-order chi connectivity index (χ0) is 8.59. The minimum atomic E-state index is -0.977. The number of aliphatic hydroxyl groups is 1. The fourth-order valence-electron chi connectivity index (χ4n) is 1.27. The molecule has 0 heterocycles. The van der Waals surface area contributed by atoms with Gasteiger partial charge in [0.25, 0.3) is 0 Å². The minimum Gasteiger partial charge on any atom is -0.481 e. The van der Waals surface area contributed by atoms with Crippen molar-refractivity contribution in [1.82, 2.24) is 0 Å². The molecule has 64 valence electrons.